The van der Waals surface area contributed by atoms with Crippen molar-refractivity contribution in [1.29, 1.82) is 0 Å². The van der Waals surface area contributed by atoms with Gasteiger partial charge < -0.3 is 9.84 Å². The van der Waals surface area contributed by atoms with Crippen LogP contribution < -0.4 is 5.32 Å². The maximum atomic E-state index is 5.31. The molecule has 2 heterocycles. The predicted octanol–water partition coefficient (Wildman–Crippen LogP) is 3.58. The van der Waals surface area contributed by atoms with Gasteiger partial charge in [0.2, 0.25) is 11.7 Å². The molecule has 0 saturated heterocycles. The largest absolute Gasteiger partial charge is 0.362 e. The molecule has 1 unspecified atom stereocenters. The molecule has 6 nitrogen and oxygen atoms in total. The van der Waals surface area contributed by atoms with E-state index in [1.807, 2.05) is 12.1 Å². The fourth-order valence-corrected chi connectivity index (χ4v) is 2.45. The topological polar surface area (TPSA) is 76.7 Å². The van der Waals surface area contributed by atoms with E-state index in [4.69, 9.17) is 4.52 Å². The Balaban J connectivity index is 1.48. The fraction of sp³-hybridized carbons (Fsp3) is 0.294. The molecule has 0 amide bonds. The number of rotatable bonds is 5. The fourth-order valence-electron chi connectivity index (χ4n) is 2.45. The third-order valence-electron chi connectivity index (χ3n) is 3.96. The lowest BCUT2D eigenvalue weighted by Gasteiger charge is -2.14. The van der Waals surface area contributed by atoms with Crippen LogP contribution in [0.2, 0.25) is 0 Å². The number of benzene rings is 1. The summed E-state index contributed by atoms with van der Waals surface area (Å²) < 4.78 is 5.31. The minimum Gasteiger partial charge on any atom is -0.362 e. The van der Waals surface area contributed by atoms with Gasteiger partial charge >= 0.3 is 0 Å². The van der Waals surface area contributed by atoms with Crippen LogP contribution in [0, 0.1) is 0 Å². The Morgan fingerprint density at radius 3 is 2.70 bits per heavy atom. The Bertz CT molecular complexity index is 780. The van der Waals surface area contributed by atoms with Crippen molar-refractivity contribution >= 4 is 5.82 Å². The molecule has 4 rings (SSSR count). The summed E-state index contributed by atoms with van der Waals surface area (Å²) in [5, 5.41) is 7.39. The summed E-state index contributed by atoms with van der Waals surface area (Å²) >= 11 is 0. The highest BCUT2D eigenvalue weighted by atomic mass is 16.5. The summed E-state index contributed by atoms with van der Waals surface area (Å²) in [6.45, 7) is 2.09. The lowest BCUT2D eigenvalue weighted by Crippen LogP contribution is -2.07. The molecule has 0 bridgehead atoms. The van der Waals surface area contributed by atoms with E-state index in [0.717, 1.165) is 35.7 Å². The Kier molecular flexibility index (Phi) is 3.49. The van der Waals surface area contributed by atoms with Crippen LogP contribution in [0.4, 0.5) is 5.82 Å². The molecule has 3 aromatic rings. The third kappa shape index (κ3) is 3.06. The molecular formula is C17H17N5O. The molecule has 23 heavy (non-hydrogen) atoms. The van der Waals surface area contributed by atoms with Crippen molar-refractivity contribution in [1.82, 2.24) is 20.1 Å². The van der Waals surface area contributed by atoms with E-state index in [1.165, 1.54) is 0 Å². The number of nitrogens with zero attached hydrogens (tertiary/aromatic N) is 4. The molecule has 1 N–H and O–H groups in total. The van der Waals surface area contributed by atoms with Crippen LogP contribution in [-0.2, 0) is 0 Å². The first kappa shape index (κ1) is 13.9. The molecule has 1 aliphatic carbocycles. The highest BCUT2D eigenvalue weighted by molar-refractivity contribution is 5.55. The Hall–Kier alpha value is -2.76. The average Bonchev–Trinajstić information content (AvgIpc) is 3.33. The highest BCUT2D eigenvalue weighted by Gasteiger charge is 2.29. The van der Waals surface area contributed by atoms with E-state index < -0.39 is 0 Å². The zero-order valence-corrected chi connectivity index (χ0v) is 12.8. The molecule has 0 spiro atoms. The van der Waals surface area contributed by atoms with Gasteiger partial charge in [-0.1, -0.05) is 29.4 Å². The minimum absolute atomic E-state index is 0.132. The van der Waals surface area contributed by atoms with Gasteiger partial charge in [0.15, 0.2) is 0 Å². The van der Waals surface area contributed by atoms with E-state index in [9.17, 15) is 0 Å². The second-order valence-electron chi connectivity index (χ2n) is 5.81. The minimum atomic E-state index is 0.132. The number of aromatic nitrogens is 4. The van der Waals surface area contributed by atoms with Crippen LogP contribution in [0.15, 0.2) is 47.4 Å². The van der Waals surface area contributed by atoms with Crippen LogP contribution in [0.3, 0.4) is 0 Å². The van der Waals surface area contributed by atoms with Gasteiger partial charge in [0.25, 0.3) is 0 Å². The van der Waals surface area contributed by atoms with E-state index >= 15 is 0 Å². The highest BCUT2D eigenvalue weighted by Crippen LogP contribution is 2.39. The standard InChI is InChI=1S/C17H17N5O/c1-11(20-15-10-18-8-9-19-15)12-2-4-13(5-3-12)16-21-17(23-22-16)14-6-7-14/h2-5,8-11,14H,6-7H2,1H3,(H,19,20). The maximum absolute atomic E-state index is 5.31. The van der Waals surface area contributed by atoms with Crippen molar-refractivity contribution in [3.63, 3.8) is 0 Å². The van der Waals surface area contributed by atoms with Gasteiger partial charge in [-0.3, -0.25) is 4.98 Å². The first-order valence-electron chi connectivity index (χ1n) is 7.76. The number of hydrogen-bond acceptors (Lipinski definition) is 6. The molecule has 2 aromatic heterocycles. The molecule has 1 saturated carbocycles. The summed E-state index contributed by atoms with van der Waals surface area (Å²) in [6, 6.07) is 8.30. The smallest absolute Gasteiger partial charge is 0.230 e. The Labute approximate surface area is 134 Å². The molecule has 1 fully saturated rings. The maximum Gasteiger partial charge on any atom is 0.230 e. The van der Waals surface area contributed by atoms with Crippen molar-refractivity contribution in [2.75, 3.05) is 5.32 Å². The van der Waals surface area contributed by atoms with Crippen molar-refractivity contribution in [3.8, 4) is 11.4 Å². The summed E-state index contributed by atoms with van der Waals surface area (Å²) in [5.74, 6) is 2.66. The van der Waals surface area contributed by atoms with Gasteiger partial charge in [0, 0.05) is 29.9 Å². The zero-order valence-electron chi connectivity index (χ0n) is 12.8. The summed E-state index contributed by atoms with van der Waals surface area (Å²) in [6.07, 6.45) is 7.36. The van der Waals surface area contributed by atoms with Gasteiger partial charge in [-0.05, 0) is 25.3 Å². The predicted molar refractivity (Wildman–Crippen MR) is 85.8 cm³/mol. The number of nitrogens with one attached hydrogen (secondary N) is 1. The van der Waals surface area contributed by atoms with Crippen LogP contribution in [0.1, 0.15) is 43.2 Å². The molecule has 1 aliphatic rings. The van der Waals surface area contributed by atoms with Crippen LogP contribution >= 0.6 is 0 Å². The third-order valence-corrected chi connectivity index (χ3v) is 3.96. The molecule has 6 heteroatoms. The molecule has 0 aliphatic heterocycles. The lowest BCUT2D eigenvalue weighted by molar-refractivity contribution is 0.380. The average molecular weight is 307 g/mol. The lowest BCUT2D eigenvalue weighted by atomic mass is 10.1. The quantitative estimate of drug-likeness (QED) is 0.776. The van der Waals surface area contributed by atoms with E-state index in [0.29, 0.717) is 11.7 Å². The Morgan fingerprint density at radius 1 is 1.17 bits per heavy atom. The van der Waals surface area contributed by atoms with Crippen molar-refractivity contribution in [2.24, 2.45) is 0 Å². The first-order chi connectivity index (χ1) is 11.3. The molecule has 1 aromatic carbocycles. The van der Waals surface area contributed by atoms with Crippen molar-refractivity contribution in [3.05, 3.63) is 54.3 Å². The van der Waals surface area contributed by atoms with Crippen LogP contribution in [0.5, 0.6) is 0 Å². The summed E-state index contributed by atoms with van der Waals surface area (Å²) in [4.78, 5) is 12.8. The first-order valence-corrected chi connectivity index (χ1v) is 7.76. The summed E-state index contributed by atoms with van der Waals surface area (Å²) in [5.41, 5.74) is 2.13. The zero-order chi connectivity index (χ0) is 15.6. The second-order valence-corrected chi connectivity index (χ2v) is 5.81. The van der Waals surface area contributed by atoms with Crippen LogP contribution in [-0.4, -0.2) is 20.1 Å². The van der Waals surface area contributed by atoms with E-state index in [-0.39, 0.29) is 6.04 Å². The van der Waals surface area contributed by atoms with Gasteiger partial charge in [0.1, 0.15) is 5.82 Å². The number of anilines is 1. The molecule has 0 radical (unpaired) electrons. The molecular weight excluding hydrogens is 290 g/mol. The van der Waals surface area contributed by atoms with Crippen molar-refractivity contribution in [2.45, 2.75) is 31.7 Å². The molecule has 1 atom stereocenters. The van der Waals surface area contributed by atoms with Gasteiger partial charge in [-0.25, -0.2) is 4.98 Å². The molecule has 116 valence electrons. The van der Waals surface area contributed by atoms with Gasteiger partial charge in [0.05, 0.1) is 6.20 Å². The second kappa shape index (κ2) is 5.79. The van der Waals surface area contributed by atoms with Crippen LogP contribution in [0.25, 0.3) is 11.4 Å². The van der Waals surface area contributed by atoms with Crippen molar-refractivity contribution < 1.29 is 4.52 Å². The Morgan fingerprint density at radius 2 is 2.00 bits per heavy atom. The monoisotopic (exact) mass is 307 g/mol. The van der Waals surface area contributed by atoms with E-state index in [2.05, 4.69) is 44.5 Å². The van der Waals surface area contributed by atoms with Gasteiger partial charge in [-0.2, -0.15) is 4.98 Å². The van der Waals surface area contributed by atoms with E-state index in [1.54, 1.807) is 18.6 Å². The normalized spacial score (nSPS) is 15.3. The van der Waals surface area contributed by atoms with Gasteiger partial charge in [-0.15, -0.1) is 0 Å². The SMILES string of the molecule is CC(Nc1cnccn1)c1ccc(-c2noc(C3CC3)n2)cc1. The summed E-state index contributed by atoms with van der Waals surface area (Å²) in [7, 11) is 0. The number of hydrogen-bond donors (Lipinski definition) is 1.